The van der Waals surface area contributed by atoms with Crippen LogP contribution < -0.4 is 20.5 Å². The molecule has 3 N–H and O–H groups in total. The van der Waals surface area contributed by atoms with Crippen molar-refractivity contribution in [3.05, 3.63) is 22.7 Å². The molecule has 0 saturated heterocycles. The zero-order valence-corrected chi connectivity index (χ0v) is 13.5. The van der Waals surface area contributed by atoms with Crippen LogP contribution in [0.5, 0.6) is 11.5 Å². The lowest BCUT2D eigenvalue weighted by Crippen LogP contribution is -2.18. The SMILES string of the molecule is CNC(=O)CCCOc1c(Cl)cc(CC(C)N)cc1OC. The third-order valence-corrected chi connectivity index (χ3v) is 3.20. The molecule has 6 heteroatoms. The number of hydrogen-bond donors (Lipinski definition) is 2. The fourth-order valence-corrected chi connectivity index (χ4v) is 2.22. The summed E-state index contributed by atoms with van der Waals surface area (Å²) in [6.07, 6.45) is 1.74. The van der Waals surface area contributed by atoms with Gasteiger partial charge in [0.2, 0.25) is 5.91 Å². The summed E-state index contributed by atoms with van der Waals surface area (Å²) < 4.78 is 11.0. The van der Waals surface area contributed by atoms with Crippen molar-refractivity contribution < 1.29 is 14.3 Å². The maximum Gasteiger partial charge on any atom is 0.219 e. The Morgan fingerprint density at radius 2 is 2.19 bits per heavy atom. The topological polar surface area (TPSA) is 73.6 Å². The minimum Gasteiger partial charge on any atom is -0.493 e. The molecule has 0 aliphatic carbocycles. The number of halogens is 1. The van der Waals surface area contributed by atoms with Crippen LogP contribution in [0.25, 0.3) is 0 Å². The van der Waals surface area contributed by atoms with Gasteiger partial charge in [0, 0.05) is 19.5 Å². The first kappa shape index (κ1) is 17.6. The van der Waals surface area contributed by atoms with Crippen molar-refractivity contribution >= 4 is 17.5 Å². The Morgan fingerprint density at radius 1 is 1.48 bits per heavy atom. The Morgan fingerprint density at radius 3 is 2.76 bits per heavy atom. The summed E-state index contributed by atoms with van der Waals surface area (Å²) in [5.74, 6) is 1.08. The van der Waals surface area contributed by atoms with Gasteiger partial charge in [0.15, 0.2) is 11.5 Å². The number of carbonyl (C=O) groups is 1. The van der Waals surface area contributed by atoms with Crippen LogP contribution in [-0.2, 0) is 11.2 Å². The first-order valence-corrected chi connectivity index (χ1v) is 7.31. The monoisotopic (exact) mass is 314 g/mol. The first-order valence-electron chi connectivity index (χ1n) is 6.93. The van der Waals surface area contributed by atoms with E-state index in [0.717, 1.165) is 5.56 Å². The second-order valence-corrected chi connectivity index (χ2v) is 5.32. The summed E-state index contributed by atoms with van der Waals surface area (Å²) in [5.41, 5.74) is 6.80. The summed E-state index contributed by atoms with van der Waals surface area (Å²) in [4.78, 5) is 11.1. The summed E-state index contributed by atoms with van der Waals surface area (Å²) in [5, 5.41) is 3.06. The highest BCUT2D eigenvalue weighted by Gasteiger charge is 2.13. The minimum atomic E-state index is -0.0102. The smallest absolute Gasteiger partial charge is 0.219 e. The van der Waals surface area contributed by atoms with E-state index in [2.05, 4.69) is 5.32 Å². The Labute approximate surface area is 130 Å². The van der Waals surface area contributed by atoms with E-state index in [1.54, 1.807) is 14.2 Å². The van der Waals surface area contributed by atoms with Crippen molar-refractivity contribution in [3.8, 4) is 11.5 Å². The van der Waals surface area contributed by atoms with Crippen molar-refractivity contribution in [1.82, 2.24) is 5.32 Å². The molecule has 0 spiro atoms. The van der Waals surface area contributed by atoms with Crippen molar-refractivity contribution in [1.29, 1.82) is 0 Å². The fraction of sp³-hybridized carbons (Fsp3) is 0.533. The standard InChI is InChI=1S/C15H23ClN2O3/c1-10(17)7-11-8-12(16)15(13(9-11)20-3)21-6-4-5-14(19)18-2/h8-10H,4-7,17H2,1-3H3,(H,18,19). The van der Waals surface area contributed by atoms with Crippen LogP contribution in [0.4, 0.5) is 0 Å². The normalized spacial score (nSPS) is 11.9. The number of amides is 1. The molecule has 0 saturated carbocycles. The molecule has 0 bridgehead atoms. The largest absolute Gasteiger partial charge is 0.493 e. The second-order valence-electron chi connectivity index (χ2n) is 4.92. The zero-order chi connectivity index (χ0) is 15.8. The van der Waals surface area contributed by atoms with Crippen LogP contribution in [0.1, 0.15) is 25.3 Å². The van der Waals surface area contributed by atoms with Gasteiger partial charge in [0.1, 0.15) is 0 Å². The van der Waals surface area contributed by atoms with Crippen LogP contribution >= 0.6 is 11.6 Å². The highest BCUT2D eigenvalue weighted by Crippen LogP contribution is 2.36. The molecule has 5 nitrogen and oxygen atoms in total. The number of ether oxygens (including phenoxy) is 2. The number of nitrogens with one attached hydrogen (secondary N) is 1. The molecule has 1 aromatic rings. The third-order valence-electron chi connectivity index (χ3n) is 2.92. The van der Waals surface area contributed by atoms with Crippen LogP contribution in [0, 0.1) is 0 Å². The zero-order valence-electron chi connectivity index (χ0n) is 12.7. The molecule has 0 aromatic heterocycles. The molecule has 1 atom stereocenters. The van der Waals surface area contributed by atoms with Crippen LogP contribution in [0.15, 0.2) is 12.1 Å². The Kier molecular flexibility index (Phi) is 7.32. The number of nitrogens with two attached hydrogens (primary N) is 1. The molecule has 0 aliphatic rings. The van der Waals surface area contributed by atoms with Gasteiger partial charge in [-0.1, -0.05) is 11.6 Å². The predicted octanol–water partition coefficient (Wildman–Crippen LogP) is 2.14. The fourth-order valence-electron chi connectivity index (χ4n) is 1.93. The van der Waals surface area contributed by atoms with Crippen LogP contribution in [0.3, 0.4) is 0 Å². The molecule has 0 fully saturated rings. The lowest BCUT2D eigenvalue weighted by molar-refractivity contribution is -0.120. The average molecular weight is 315 g/mol. The quantitative estimate of drug-likeness (QED) is 0.721. The van der Waals surface area contributed by atoms with Crippen LogP contribution in [0.2, 0.25) is 5.02 Å². The second kappa shape index (κ2) is 8.74. The Balaban J connectivity index is 2.70. The number of carbonyl (C=O) groups excluding carboxylic acids is 1. The van der Waals surface area contributed by atoms with Gasteiger partial charge in [0.25, 0.3) is 0 Å². The van der Waals surface area contributed by atoms with Gasteiger partial charge < -0.3 is 20.5 Å². The van der Waals surface area contributed by atoms with E-state index in [1.165, 1.54) is 0 Å². The van der Waals surface area contributed by atoms with Gasteiger partial charge in [-0.3, -0.25) is 4.79 Å². The molecule has 1 unspecified atom stereocenters. The highest BCUT2D eigenvalue weighted by molar-refractivity contribution is 6.32. The number of methoxy groups -OCH3 is 1. The van der Waals surface area contributed by atoms with Crippen molar-refractivity contribution in [3.63, 3.8) is 0 Å². The van der Waals surface area contributed by atoms with Crippen molar-refractivity contribution in [2.24, 2.45) is 5.73 Å². The molecule has 0 heterocycles. The predicted molar refractivity (Wildman–Crippen MR) is 84.2 cm³/mol. The molecular weight excluding hydrogens is 292 g/mol. The summed E-state index contributed by atoms with van der Waals surface area (Å²) in [6.45, 7) is 2.33. The first-order chi connectivity index (χ1) is 9.97. The number of rotatable bonds is 8. The van der Waals surface area contributed by atoms with Gasteiger partial charge in [-0.25, -0.2) is 0 Å². The minimum absolute atomic E-state index is 0.0102. The summed E-state index contributed by atoms with van der Waals surface area (Å²) in [7, 11) is 3.18. The van der Waals surface area contributed by atoms with Crippen molar-refractivity contribution in [2.45, 2.75) is 32.2 Å². The Hall–Kier alpha value is -1.46. The molecule has 0 aliphatic heterocycles. The number of benzene rings is 1. The molecule has 118 valence electrons. The van der Waals surface area contributed by atoms with Gasteiger partial charge in [0.05, 0.1) is 18.7 Å². The van der Waals surface area contributed by atoms with Crippen molar-refractivity contribution in [2.75, 3.05) is 20.8 Å². The third kappa shape index (κ3) is 5.81. The molecule has 0 radical (unpaired) electrons. The van der Waals surface area contributed by atoms with E-state index in [9.17, 15) is 4.79 Å². The van der Waals surface area contributed by atoms with Crippen LogP contribution in [-0.4, -0.2) is 32.7 Å². The summed E-state index contributed by atoms with van der Waals surface area (Å²) in [6, 6.07) is 3.76. The molecular formula is C15H23ClN2O3. The molecule has 1 aromatic carbocycles. The van der Waals surface area contributed by atoms with E-state index in [1.807, 2.05) is 19.1 Å². The molecule has 21 heavy (non-hydrogen) atoms. The van der Waals surface area contributed by atoms with Gasteiger partial charge in [-0.2, -0.15) is 0 Å². The maximum absolute atomic E-state index is 11.1. The lowest BCUT2D eigenvalue weighted by atomic mass is 10.1. The molecule has 1 amide bonds. The van der Waals surface area contributed by atoms with Gasteiger partial charge >= 0.3 is 0 Å². The lowest BCUT2D eigenvalue weighted by Gasteiger charge is -2.15. The maximum atomic E-state index is 11.1. The van der Waals surface area contributed by atoms with E-state index >= 15 is 0 Å². The average Bonchev–Trinajstić information content (AvgIpc) is 2.43. The molecule has 1 rings (SSSR count). The van der Waals surface area contributed by atoms with E-state index in [4.69, 9.17) is 26.8 Å². The van der Waals surface area contributed by atoms with Gasteiger partial charge in [-0.05, 0) is 37.5 Å². The van der Waals surface area contributed by atoms with E-state index < -0.39 is 0 Å². The summed E-state index contributed by atoms with van der Waals surface area (Å²) >= 11 is 6.24. The van der Waals surface area contributed by atoms with Gasteiger partial charge in [-0.15, -0.1) is 0 Å². The Bertz CT molecular complexity index is 478. The van der Waals surface area contributed by atoms with E-state index in [-0.39, 0.29) is 11.9 Å². The van der Waals surface area contributed by atoms with E-state index in [0.29, 0.717) is 42.4 Å². The highest BCUT2D eigenvalue weighted by atomic mass is 35.5. The number of hydrogen-bond acceptors (Lipinski definition) is 4.